The van der Waals surface area contributed by atoms with E-state index in [2.05, 4.69) is 12.2 Å². The van der Waals surface area contributed by atoms with Crippen LogP contribution in [-0.2, 0) is 6.42 Å². The fourth-order valence-electron chi connectivity index (χ4n) is 2.93. The number of hydrogen-bond donors (Lipinski definition) is 2. The largest absolute Gasteiger partial charge is 0.508 e. The number of nitrogens with one attached hydrogen (secondary N) is 1. The third-order valence-electron chi connectivity index (χ3n) is 4.03. The second-order valence-corrected chi connectivity index (χ2v) is 5.41. The van der Waals surface area contributed by atoms with Crippen LogP contribution in [0.5, 0.6) is 5.75 Å². The van der Waals surface area contributed by atoms with E-state index in [4.69, 9.17) is 0 Å². The molecule has 3 rings (SSSR count). The number of rotatable bonds is 3. The molecule has 2 N–H and O–H groups in total. The van der Waals surface area contributed by atoms with Crippen molar-refractivity contribution in [2.45, 2.75) is 31.8 Å². The molecule has 0 radical (unpaired) electrons. The van der Waals surface area contributed by atoms with Gasteiger partial charge in [-0.3, -0.25) is 0 Å². The number of aryl methyl sites for hydroxylation is 1. The third kappa shape index (κ3) is 2.54. The molecule has 104 valence electrons. The number of fused-ring (bicyclic) bond motifs is 1. The molecule has 0 aliphatic heterocycles. The predicted octanol–water partition coefficient (Wildman–Crippen LogP) is 3.87. The van der Waals surface area contributed by atoms with Crippen molar-refractivity contribution in [3.05, 3.63) is 65.0 Å². The van der Waals surface area contributed by atoms with E-state index >= 15 is 0 Å². The van der Waals surface area contributed by atoms with E-state index in [1.54, 1.807) is 6.07 Å². The SMILES string of the molecule is C[C@H](NC1CCc2cc(O)ccc21)c1ccc(F)cc1. The van der Waals surface area contributed by atoms with Crippen LogP contribution < -0.4 is 5.32 Å². The van der Waals surface area contributed by atoms with Crippen LogP contribution in [0.2, 0.25) is 0 Å². The van der Waals surface area contributed by atoms with E-state index < -0.39 is 0 Å². The minimum absolute atomic E-state index is 0.167. The van der Waals surface area contributed by atoms with Gasteiger partial charge in [-0.2, -0.15) is 0 Å². The molecule has 20 heavy (non-hydrogen) atoms. The summed E-state index contributed by atoms with van der Waals surface area (Å²) < 4.78 is 12.9. The topological polar surface area (TPSA) is 32.3 Å². The highest BCUT2D eigenvalue weighted by molar-refractivity contribution is 5.40. The highest BCUT2D eigenvalue weighted by atomic mass is 19.1. The normalized spacial score (nSPS) is 18.8. The van der Waals surface area contributed by atoms with Crippen LogP contribution in [0.4, 0.5) is 4.39 Å². The minimum Gasteiger partial charge on any atom is -0.508 e. The molecule has 2 aromatic rings. The minimum atomic E-state index is -0.206. The van der Waals surface area contributed by atoms with Gasteiger partial charge < -0.3 is 10.4 Å². The zero-order valence-electron chi connectivity index (χ0n) is 11.4. The van der Waals surface area contributed by atoms with Gasteiger partial charge in [0.2, 0.25) is 0 Å². The van der Waals surface area contributed by atoms with E-state index in [0.717, 1.165) is 18.4 Å². The molecule has 0 bridgehead atoms. The van der Waals surface area contributed by atoms with E-state index in [0.29, 0.717) is 11.8 Å². The Labute approximate surface area is 118 Å². The molecule has 3 heteroatoms. The first-order chi connectivity index (χ1) is 9.63. The second kappa shape index (κ2) is 5.25. The maximum Gasteiger partial charge on any atom is 0.123 e. The smallest absolute Gasteiger partial charge is 0.123 e. The van der Waals surface area contributed by atoms with Crippen LogP contribution >= 0.6 is 0 Å². The van der Waals surface area contributed by atoms with E-state index in [1.807, 2.05) is 24.3 Å². The van der Waals surface area contributed by atoms with Crippen LogP contribution in [0.1, 0.15) is 42.1 Å². The Balaban J connectivity index is 1.75. The molecule has 1 aliphatic carbocycles. The Morgan fingerprint density at radius 2 is 1.95 bits per heavy atom. The lowest BCUT2D eigenvalue weighted by Crippen LogP contribution is -2.22. The van der Waals surface area contributed by atoms with Gasteiger partial charge in [0.25, 0.3) is 0 Å². The maximum atomic E-state index is 12.9. The zero-order chi connectivity index (χ0) is 14.1. The first kappa shape index (κ1) is 13.1. The van der Waals surface area contributed by atoms with Crippen LogP contribution in [0.15, 0.2) is 42.5 Å². The van der Waals surface area contributed by atoms with Gasteiger partial charge in [-0.1, -0.05) is 18.2 Å². The zero-order valence-corrected chi connectivity index (χ0v) is 11.4. The average Bonchev–Trinajstić information content (AvgIpc) is 2.81. The Bertz CT molecular complexity index is 609. The first-order valence-corrected chi connectivity index (χ1v) is 6.97. The predicted molar refractivity (Wildman–Crippen MR) is 77.1 cm³/mol. The third-order valence-corrected chi connectivity index (χ3v) is 4.03. The van der Waals surface area contributed by atoms with Crippen molar-refractivity contribution in [3.63, 3.8) is 0 Å². The summed E-state index contributed by atoms with van der Waals surface area (Å²) >= 11 is 0. The molecule has 2 aromatic carbocycles. The first-order valence-electron chi connectivity index (χ1n) is 6.97. The summed E-state index contributed by atoms with van der Waals surface area (Å²) in [4.78, 5) is 0. The van der Waals surface area contributed by atoms with Crippen LogP contribution in [0.3, 0.4) is 0 Å². The van der Waals surface area contributed by atoms with E-state index in [1.165, 1.54) is 23.3 Å². The van der Waals surface area contributed by atoms with Gasteiger partial charge in [-0.15, -0.1) is 0 Å². The number of hydrogen-bond acceptors (Lipinski definition) is 2. The molecule has 1 unspecified atom stereocenters. The summed E-state index contributed by atoms with van der Waals surface area (Å²) in [7, 11) is 0. The van der Waals surface area contributed by atoms with Crippen molar-refractivity contribution < 1.29 is 9.50 Å². The second-order valence-electron chi connectivity index (χ2n) is 5.41. The average molecular weight is 271 g/mol. The number of phenolic OH excluding ortho intramolecular Hbond substituents is 1. The van der Waals surface area contributed by atoms with Crippen molar-refractivity contribution in [3.8, 4) is 5.75 Å². The van der Waals surface area contributed by atoms with Crippen molar-refractivity contribution in [1.29, 1.82) is 0 Å². The number of aromatic hydroxyl groups is 1. The van der Waals surface area contributed by atoms with Crippen LogP contribution in [0, 0.1) is 5.82 Å². The van der Waals surface area contributed by atoms with Gasteiger partial charge in [-0.25, -0.2) is 4.39 Å². The van der Waals surface area contributed by atoms with Crippen LogP contribution in [-0.4, -0.2) is 5.11 Å². The summed E-state index contributed by atoms with van der Waals surface area (Å²) in [6.45, 7) is 2.09. The van der Waals surface area contributed by atoms with Gasteiger partial charge >= 0.3 is 0 Å². The highest BCUT2D eigenvalue weighted by Gasteiger charge is 2.24. The van der Waals surface area contributed by atoms with E-state index in [9.17, 15) is 9.50 Å². The standard InChI is InChI=1S/C17H18FNO/c1-11(12-2-5-14(18)6-3-12)19-17-9-4-13-10-15(20)7-8-16(13)17/h2-3,5-8,10-11,17,19-20H,4,9H2,1H3/t11-,17?/m0/s1. The van der Waals surface area contributed by atoms with Gasteiger partial charge in [0.05, 0.1) is 0 Å². The summed E-state index contributed by atoms with van der Waals surface area (Å²) in [6.07, 6.45) is 2.02. The lowest BCUT2D eigenvalue weighted by atomic mass is 10.0. The van der Waals surface area contributed by atoms with Crippen molar-refractivity contribution in [2.24, 2.45) is 0 Å². The van der Waals surface area contributed by atoms with Crippen LogP contribution in [0.25, 0.3) is 0 Å². The van der Waals surface area contributed by atoms with Crippen molar-refractivity contribution >= 4 is 0 Å². The van der Waals surface area contributed by atoms with Gasteiger partial charge in [0, 0.05) is 12.1 Å². The molecule has 0 saturated heterocycles. The lowest BCUT2D eigenvalue weighted by Gasteiger charge is -2.21. The van der Waals surface area contributed by atoms with Gasteiger partial charge in [-0.05, 0) is 60.7 Å². The summed E-state index contributed by atoms with van der Waals surface area (Å²) in [5.41, 5.74) is 3.56. The number of halogens is 1. The molecule has 0 fully saturated rings. The van der Waals surface area contributed by atoms with Crippen molar-refractivity contribution in [2.75, 3.05) is 0 Å². The molecular weight excluding hydrogens is 253 g/mol. The number of phenols is 1. The molecule has 2 nitrogen and oxygen atoms in total. The molecule has 2 atom stereocenters. The Morgan fingerprint density at radius 1 is 1.20 bits per heavy atom. The number of benzene rings is 2. The van der Waals surface area contributed by atoms with Gasteiger partial charge in [0.1, 0.15) is 11.6 Å². The lowest BCUT2D eigenvalue weighted by molar-refractivity contribution is 0.463. The molecule has 0 spiro atoms. The highest BCUT2D eigenvalue weighted by Crippen LogP contribution is 2.34. The Kier molecular flexibility index (Phi) is 3.45. The summed E-state index contributed by atoms with van der Waals surface area (Å²) in [5.74, 6) is 0.124. The van der Waals surface area contributed by atoms with E-state index in [-0.39, 0.29) is 11.9 Å². The summed E-state index contributed by atoms with van der Waals surface area (Å²) in [5, 5.41) is 13.1. The Hall–Kier alpha value is -1.87. The molecule has 0 aromatic heterocycles. The molecule has 0 amide bonds. The molecule has 0 heterocycles. The summed E-state index contributed by atoms with van der Waals surface area (Å²) in [6, 6.07) is 12.7. The van der Waals surface area contributed by atoms with Crippen molar-refractivity contribution in [1.82, 2.24) is 5.32 Å². The fourth-order valence-corrected chi connectivity index (χ4v) is 2.93. The molecule has 0 saturated carbocycles. The fraction of sp³-hybridized carbons (Fsp3) is 0.294. The molecular formula is C17H18FNO. The Morgan fingerprint density at radius 3 is 2.70 bits per heavy atom. The molecule has 1 aliphatic rings. The monoisotopic (exact) mass is 271 g/mol. The quantitative estimate of drug-likeness (QED) is 0.888. The maximum absolute atomic E-state index is 12.9. The van der Waals surface area contributed by atoms with Gasteiger partial charge in [0.15, 0.2) is 0 Å².